The predicted octanol–water partition coefficient (Wildman–Crippen LogP) is 4.68. The molecule has 2 aromatic heterocycles. The summed E-state index contributed by atoms with van der Waals surface area (Å²) in [6, 6.07) is 2.54. The zero-order valence-corrected chi connectivity index (χ0v) is 18.5. The van der Waals surface area contributed by atoms with Crippen molar-refractivity contribution in [2.24, 2.45) is 0 Å². The van der Waals surface area contributed by atoms with E-state index in [1.54, 1.807) is 20.8 Å². The fourth-order valence-corrected chi connectivity index (χ4v) is 3.33. The number of anilines is 1. The number of alkyl halides is 2. The van der Waals surface area contributed by atoms with E-state index >= 15 is 0 Å². The molecule has 0 saturated carbocycles. The maximum absolute atomic E-state index is 14.7. The molecule has 1 saturated heterocycles. The zero-order valence-electron chi connectivity index (χ0n) is 17.0. The Kier molecular flexibility index (Phi) is 6.52. The van der Waals surface area contributed by atoms with Crippen LogP contribution in [-0.4, -0.2) is 63.6 Å². The van der Waals surface area contributed by atoms with Gasteiger partial charge in [0.2, 0.25) is 5.95 Å². The molecule has 0 unspecified atom stereocenters. The van der Waals surface area contributed by atoms with Gasteiger partial charge < -0.3 is 14.5 Å². The SMILES string of the molecule is CC(C)(C)OC(=O)N1CCN(c2nc(-c3ccnc(F)c3)nc(Cl)c2Cl)CC(F)(F)C1. The van der Waals surface area contributed by atoms with E-state index in [4.69, 9.17) is 27.9 Å². The van der Waals surface area contributed by atoms with E-state index in [1.165, 1.54) is 17.2 Å². The lowest BCUT2D eigenvalue weighted by Crippen LogP contribution is -2.44. The second-order valence-corrected chi connectivity index (χ2v) is 8.76. The highest BCUT2D eigenvalue weighted by molar-refractivity contribution is 6.42. The number of aromatic nitrogens is 3. The van der Waals surface area contributed by atoms with Crippen molar-refractivity contribution >= 4 is 35.1 Å². The van der Waals surface area contributed by atoms with Crippen molar-refractivity contribution in [1.29, 1.82) is 0 Å². The van der Waals surface area contributed by atoms with E-state index < -0.39 is 36.7 Å². The van der Waals surface area contributed by atoms with E-state index in [0.717, 1.165) is 11.0 Å². The Bertz CT molecular complexity index is 988. The highest BCUT2D eigenvalue weighted by Crippen LogP contribution is 2.34. The van der Waals surface area contributed by atoms with E-state index in [-0.39, 0.29) is 40.5 Å². The normalized spacial score (nSPS) is 16.8. The van der Waals surface area contributed by atoms with Gasteiger partial charge in [-0.1, -0.05) is 23.2 Å². The van der Waals surface area contributed by atoms with Gasteiger partial charge in [-0.05, 0) is 26.8 Å². The summed E-state index contributed by atoms with van der Waals surface area (Å²) in [6.07, 6.45) is 0.378. The summed E-state index contributed by atoms with van der Waals surface area (Å²) in [5.41, 5.74) is -0.569. The van der Waals surface area contributed by atoms with Crippen LogP contribution in [-0.2, 0) is 4.74 Å². The summed E-state index contributed by atoms with van der Waals surface area (Å²) in [5.74, 6) is -4.08. The van der Waals surface area contributed by atoms with E-state index in [0.29, 0.717) is 0 Å². The molecule has 0 N–H and O–H groups in total. The summed E-state index contributed by atoms with van der Waals surface area (Å²) in [7, 11) is 0. The molecule has 0 atom stereocenters. The van der Waals surface area contributed by atoms with Crippen LogP contribution in [0.3, 0.4) is 0 Å². The van der Waals surface area contributed by atoms with Crippen molar-refractivity contribution < 1.29 is 22.7 Å². The second kappa shape index (κ2) is 8.66. The molecule has 0 aromatic carbocycles. The Hall–Kier alpha value is -2.33. The molecule has 3 heterocycles. The topological polar surface area (TPSA) is 71.5 Å². The molecule has 1 fully saturated rings. The first-order chi connectivity index (χ1) is 14.3. The minimum atomic E-state index is -3.28. The van der Waals surface area contributed by atoms with Crippen LogP contribution in [0.2, 0.25) is 10.2 Å². The summed E-state index contributed by atoms with van der Waals surface area (Å²) < 4.78 is 48.1. The summed E-state index contributed by atoms with van der Waals surface area (Å²) >= 11 is 12.3. The van der Waals surface area contributed by atoms with Crippen LogP contribution in [0, 0.1) is 5.95 Å². The third kappa shape index (κ3) is 5.88. The zero-order chi connectivity index (χ0) is 23.0. The van der Waals surface area contributed by atoms with Gasteiger partial charge >= 0.3 is 6.09 Å². The number of carbonyl (C=O) groups is 1. The van der Waals surface area contributed by atoms with Crippen molar-refractivity contribution in [2.45, 2.75) is 32.3 Å². The largest absolute Gasteiger partial charge is 0.444 e. The number of halogens is 5. The van der Waals surface area contributed by atoms with Gasteiger partial charge in [-0.15, -0.1) is 0 Å². The molecule has 0 radical (unpaired) electrons. The highest BCUT2D eigenvalue weighted by atomic mass is 35.5. The van der Waals surface area contributed by atoms with Crippen LogP contribution in [0.5, 0.6) is 0 Å². The maximum atomic E-state index is 14.7. The lowest BCUT2D eigenvalue weighted by molar-refractivity contribution is -0.0285. The molecule has 7 nitrogen and oxygen atoms in total. The molecule has 0 spiro atoms. The minimum Gasteiger partial charge on any atom is -0.444 e. The third-order valence-corrected chi connectivity index (χ3v) is 4.93. The standard InChI is InChI=1S/C19H20Cl2F3N5O2/c1-18(2,3)31-17(30)29-7-6-28(9-19(23,24)10-29)16-13(20)14(21)26-15(27-16)11-4-5-25-12(22)8-11/h4-5,8H,6-7,9-10H2,1-3H3. The summed E-state index contributed by atoms with van der Waals surface area (Å²) in [5, 5.41) is -0.295. The smallest absolute Gasteiger partial charge is 0.410 e. The molecule has 3 rings (SSSR count). The van der Waals surface area contributed by atoms with E-state index in [2.05, 4.69) is 15.0 Å². The maximum Gasteiger partial charge on any atom is 0.410 e. The van der Waals surface area contributed by atoms with Crippen LogP contribution in [0.15, 0.2) is 18.3 Å². The predicted molar refractivity (Wildman–Crippen MR) is 110 cm³/mol. The number of pyridine rings is 1. The first-order valence-electron chi connectivity index (χ1n) is 9.30. The number of amides is 1. The van der Waals surface area contributed by atoms with Crippen molar-refractivity contribution in [3.05, 3.63) is 34.5 Å². The second-order valence-electron chi connectivity index (χ2n) is 8.02. The Morgan fingerprint density at radius 2 is 1.90 bits per heavy atom. The van der Waals surface area contributed by atoms with Gasteiger partial charge in [0.1, 0.15) is 10.6 Å². The summed E-state index contributed by atoms with van der Waals surface area (Å²) in [6.45, 7) is 3.31. The average Bonchev–Trinajstić information content (AvgIpc) is 2.80. The van der Waals surface area contributed by atoms with Gasteiger partial charge in [-0.2, -0.15) is 4.39 Å². The van der Waals surface area contributed by atoms with Crippen LogP contribution in [0.4, 0.5) is 23.8 Å². The quantitative estimate of drug-likeness (QED) is 0.462. The third-order valence-electron chi connectivity index (χ3n) is 4.21. The number of hydrogen-bond acceptors (Lipinski definition) is 6. The molecular weight excluding hydrogens is 458 g/mol. The molecule has 0 bridgehead atoms. The number of carbonyl (C=O) groups excluding carboxylic acids is 1. The lowest BCUT2D eigenvalue weighted by Gasteiger charge is -2.27. The molecule has 31 heavy (non-hydrogen) atoms. The van der Waals surface area contributed by atoms with Crippen molar-refractivity contribution in [3.63, 3.8) is 0 Å². The first-order valence-corrected chi connectivity index (χ1v) is 10.1. The molecule has 2 aromatic rings. The Balaban J connectivity index is 1.92. The minimum absolute atomic E-state index is 0.00209. The van der Waals surface area contributed by atoms with E-state index in [1.807, 2.05) is 0 Å². The monoisotopic (exact) mass is 477 g/mol. The van der Waals surface area contributed by atoms with Crippen molar-refractivity contribution in [3.8, 4) is 11.4 Å². The van der Waals surface area contributed by atoms with Crippen molar-refractivity contribution in [2.75, 3.05) is 31.1 Å². The lowest BCUT2D eigenvalue weighted by atomic mass is 10.2. The van der Waals surface area contributed by atoms with Gasteiger partial charge in [-0.3, -0.25) is 0 Å². The van der Waals surface area contributed by atoms with Gasteiger partial charge in [0.15, 0.2) is 16.8 Å². The van der Waals surface area contributed by atoms with Gasteiger partial charge in [0, 0.05) is 30.9 Å². The number of rotatable bonds is 2. The molecule has 0 aliphatic carbocycles. The molecule has 12 heteroatoms. The average molecular weight is 478 g/mol. The molecule has 1 amide bonds. The summed E-state index contributed by atoms with van der Waals surface area (Å²) in [4.78, 5) is 26.2. The molecule has 1 aliphatic heterocycles. The van der Waals surface area contributed by atoms with E-state index in [9.17, 15) is 18.0 Å². The fourth-order valence-electron chi connectivity index (χ4n) is 2.96. The first kappa shape index (κ1) is 23.3. The van der Waals surface area contributed by atoms with Gasteiger partial charge in [0.05, 0.1) is 13.1 Å². The highest BCUT2D eigenvalue weighted by Gasteiger charge is 2.41. The Morgan fingerprint density at radius 3 is 2.55 bits per heavy atom. The van der Waals surface area contributed by atoms with Crippen LogP contribution in [0.1, 0.15) is 20.8 Å². The fraction of sp³-hybridized carbons (Fsp3) is 0.474. The van der Waals surface area contributed by atoms with Crippen LogP contribution < -0.4 is 4.90 Å². The Morgan fingerprint density at radius 1 is 1.19 bits per heavy atom. The molecule has 168 valence electrons. The van der Waals surface area contributed by atoms with Gasteiger partial charge in [0.25, 0.3) is 5.92 Å². The molecule has 1 aliphatic rings. The number of ether oxygens (including phenoxy) is 1. The Labute approximate surface area is 187 Å². The van der Waals surface area contributed by atoms with Gasteiger partial charge in [-0.25, -0.2) is 28.5 Å². The number of nitrogens with zero attached hydrogens (tertiary/aromatic N) is 5. The van der Waals surface area contributed by atoms with Crippen molar-refractivity contribution in [1.82, 2.24) is 19.9 Å². The van der Waals surface area contributed by atoms with Crippen LogP contribution in [0.25, 0.3) is 11.4 Å². The molecular formula is C19H20Cl2F3N5O2. The number of hydrogen-bond donors (Lipinski definition) is 0. The van der Waals surface area contributed by atoms with Crippen LogP contribution >= 0.6 is 23.2 Å².